The van der Waals surface area contributed by atoms with Crippen LogP contribution in [0.3, 0.4) is 0 Å². The first kappa shape index (κ1) is 10.3. The van der Waals surface area contributed by atoms with Gasteiger partial charge in [-0.05, 0) is 31.6 Å². The maximum atomic E-state index is 9.72. The minimum atomic E-state index is -0.0920. The van der Waals surface area contributed by atoms with E-state index < -0.39 is 0 Å². The Morgan fingerprint density at radius 1 is 1.43 bits per heavy atom. The molecular weight excluding hydrogens is 196 g/mol. The second-order valence-electron chi connectivity index (χ2n) is 4.31. The van der Waals surface area contributed by atoms with Crippen molar-refractivity contribution < 1.29 is 5.11 Å². The lowest BCUT2D eigenvalue weighted by Gasteiger charge is -2.20. The van der Waals surface area contributed by atoms with Crippen molar-refractivity contribution in [3.63, 3.8) is 0 Å². The zero-order valence-electron chi connectivity index (χ0n) is 8.32. The molecule has 2 rings (SSSR count). The van der Waals surface area contributed by atoms with E-state index in [2.05, 4.69) is 18.2 Å². The van der Waals surface area contributed by atoms with Gasteiger partial charge in [0.2, 0.25) is 0 Å². The minimum absolute atomic E-state index is 0.0662. The zero-order chi connectivity index (χ0) is 9.97. The quantitative estimate of drug-likeness (QED) is 0.551. The number of hydrogen-bond acceptors (Lipinski definition) is 1. The molecule has 1 saturated carbocycles. The van der Waals surface area contributed by atoms with Crippen LogP contribution in [0.5, 0.6) is 0 Å². The summed E-state index contributed by atoms with van der Waals surface area (Å²) in [5, 5.41) is 9.78. The van der Waals surface area contributed by atoms with Gasteiger partial charge in [0.25, 0.3) is 0 Å². The van der Waals surface area contributed by atoms with Crippen LogP contribution in [0.15, 0.2) is 23.8 Å². The van der Waals surface area contributed by atoms with Crippen LogP contribution in [0.25, 0.3) is 0 Å². The molecule has 0 aromatic rings. The Labute approximate surface area is 90.5 Å². The summed E-state index contributed by atoms with van der Waals surface area (Å²) in [6.45, 7) is 0. The predicted molar refractivity (Wildman–Crippen MR) is 59.4 cm³/mol. The Morgan fingerprint density at radius 2 is 2.29 bits per heavy atom. The molecule has 0 radical (unpaired) electrons. The van der Waals surface area contributed by atoms with Crippen LogP contribution in [-0.2, 0) is 0 Å². The third-order valence-corrected chi connectivity index (χ3v) is 3.72. The van der Waals surface area contributed by atoms with E-state index in [0.29, 0.717) is 5.92 Å². The predicted octanol–water partition coefficient (Wildman–Crippen LogP) is 3.03. The number of aliphatic hydroxyl groups excluding tert-OH is 1. The average Bonchev–Trinajstić information content (AvgIpc) is 2.56. The van der Waals surface area contributed by atoms with Crippen molar-refractivity contribution in [2.24, 2.45) is 5.92 Å². The van der Waals surface area contributed by atoms with Crippen LogP contribution in [0.1, 0.15) is 32.1 Å². The summed E-state index contributed by atoms with van der Waals surface area (Å²) in [5.74, 6) is 0.453. The molecule has 78 valence electrons. The first-order valence-electron chi connectivity index (χ1n) is 5.45. The Bertz CT molecular complexity index is 257. The van der Waals surface area contributed by atoms with Gasteiger partial charge in [0.15, 0.2) is 0 Å². The van der Waals surface area contributed by atoms with Gasteiger partial charge >= 0.3 is 0 Å². The Morgan fingerprint density at radius 3 is 2.93 bits per heavy atom. The molecule has 0 aromatic heterocycles. The Balaban J connectivity index is 1.93. The maximum Gasteiger partial charge on any atom is 0.0726 e. The van der Waals surface area contributed by atoms with Gasteiger partial charge in [0.05, 0.1) is 11.5 Å². The molecule has 1 unspecified atom stereocenters. The lowest BCUT2D eigenvalue weighted by molar-refractivity contribution is 0.132. The highest BCUT2D eigenvalue weighted by Gasteiger charge is 2.27. The van der Waals surface area contributed by atoms with Crippen molar-refractivity contribution in [3.8, 4) is 0 Å². The van der Waals surface area contributed by atoms with Gasteiger partial charge in [0, 0.05) is 0 Å². The highest BCUT2D eigenvalue weighted by Crippen LogP contribution is 2.33. The first-order chi connectivity index (χ1) is 6.77. The highest BCUT2D eigenvalue weighted by molar-refractivity contribution is 6.23. The second kappa shape index (κ2) is 4.50. The highest BCUT2D eigenvalue weighted by atomic mass is 35.5. The number of rotatable bonds is 2. The van der Waals surface area contributed by atoms with Crippen LogP contribution in [-0.4, -0.2) is 16.6 Å². The molecule has 0 spiro atoms. The number of allylic oxidation sites excluding steroid dienone is 4. The topological polar surface area (TPSA) is 20.2 Å². The molecule has 2 aliphatic rings. The zero-order valence-corrected chi connectivity index (χ0v) is 9.08. The molecule has 1 nitrogen and oxygen atoms in total. The van der Waals surface area contributed by atoms with Crippen molar-refractivity contribution >= 4 is 11.6 Å². The van der Waals surface area contributed by atoms with Gasteiger partial charge in [-0.2, -0.15) is 0 Å². The third-order valence-electron chi connectivity index (χ3n) is 3.29. The van der Waals surface area contributed by atoms with E-state index in [4.69, 9.17) is 11.6 Å². The van der Waals surface area contributed by atoms with Gasteiger partial charge < -0.3 is 5.11 Å². The van der Waals surface area contributed by atoms with E-state index in [1.807, 2.05) is 0 Å². The van der Waals surface area contributed by atoms with E-state index in [0.717, 1.165) is 25.7 Å². The lowest BCUT2D eigenvalue weighted by Crippen LogP contribution is -2.16. The van der Waals surface area contributed by atoms with Gasteiger partial charge in [0.1, 0.15) is 0 Å². The molecule has 0 heterocycles. The molecule has 0 aromatic carbocycles. The largest absolute Gasteiger partial charge is 0.393 e. The lowest BCUT2D eigenvalue weighted by atomic mass is 9.92. The summed E-state index contributed by atoms with van der Waals surface area (Å²) in [4.78, 5) is 0. The molecule has 0 bridgehead atoms. The Hall–Kier alpha value is -0.270. The molecule has 1 fully saturated rings. The summed E-state index contributed by atoms with van der Waals surface area (Å²) in [7, 11) is 0. The van der Waals surface area contributed by atoms with E-state index >= 15 is 0 Å². The molecule has 0 saturated heterocycles. The molecular formula is C12H17ClO. The molecule has 0 amide bonds. The van der Waals surface area contributed by atoms with Crippen LogP contribution >= 0.6 is 11.6 Å². The van der Waals surface area contributed by atoms with Crippen LogP contribution < -0.4 is 0 Å². The SMILES string of the molecule is O[C@@H]1CCC[C@H]1CC1=CCC=CC1Cl. The van der Waals surface area contributed by atoms with Gasteiger partial charge in [-0.15, -0.1) is 11.6 Å². The third kappa shape index (κ3) is 2.21. The van der Waals surface area contributed by atoms with Crippen molar-refractivity contribution in [1.29, 1.82) is 0 Å². The molecule has 14 heavy (non-hydrogen) atoms. The monoisotopic (exact) mass is 212 g/mol. The first-order valence-corrected chi connectivity index (χ1v) is 5.88. The van der Waals surface area contributed by atoms with Crippen molar-refractivity contribution in [3.05, 3.63) is 23.8 Å². The van der Waals surface area contributed by atoms with Crippen molar-refractivity contribution in [1.82, 2.24) is 0 Å². The van der Waals surface area contributed by atoms with Crippen molar-refractivity contribution in [2.45, 2.75) is 43.6 Å². The van der Waals surface area contributed by atoms with E-state index in [1.165, 1.54) is 12.0 Å². The standard InChI is InChI=1S/C12H17ClO/c13-11-6-2-1-4-9(11)8-10-5-3-7-12(10)14/h2,4,6,10-12,14H,1,3,5,7-8H2/t10-,11?,12+/m0/s1. The Kier molecular flexibility index (Phi) is 3.30. The molecule has 0 aliphatic heterocycles. The van der Waals surface area contributed by atoms with Crippen LogP contribution in [0.4, 0.5) is 0 Å². The normalized spacial score (nSPS) is 37.3. The number of hydrogen-bond donors (Lipinski definition) is 1. The summed E-state index contributed by atoms with van der Waals surface area (Å²) in [6, 6.07) is 0. The fourth-order valence-corrected chi connectivity index (χ4v) is 2.69. The van der Waals surface area contributed by atoms with Crippen molar-refractivity contribution in [2.75, 3.05) is 0 Å². The molecule has 3 atom stereocenters. The van der Waals surface area contributed by atoms with E-state index in [-0.39, 0.29) is 11.5 Å². The second-order valence-corrected chi connectivity index (χ2v) is 4.78. The average molecular weight is 213 g/mol. The summed E-state index contributed by atoms with van der Waals surface area (Å²) < 4.78 is 0. The van der Waals surface area contributed by atoms with Crippen LogP contribution in [0.2, 0.25) is 0 Å². The number of aliphatic hydroxyl groups is 1. The smallest absolute Gasteiger partial charge is 0.0726 e. The van der Waals surface area contributed by atoms with Gasteiger partial charge in [-0.3, -0.25) is 0 Å². The number of halogens is 1. The fraction of sp³-hybridized carbons (Fsp3) is 0.667. The summed E-state index contributed by atoms with van der Waals surface area (Å²) in [5.41, 5.74) is 1.31. The maximum absolute atomic E-state index is 9.72. The van der Waals surface area contributed by atoms with E-state index in [9.17, 15) is 5.11 Å². The fourth-order valence-electron chi connectivity index (χ4n) is 2.41. The number of alkyl halides is 1. The minimum Gasteiger partial charge on any atom is -0.393 e. The van der Waals surface area contributed by atoms with Crippen LogP contribution in [0, 0.1) is 5.92 Å². The molecule has 2 aliphatic carbocycles. The molecule has 1 N–H and O–H groups in total. The van der Waals surface area contributed by atoms with Gasteiger partial charge in [-0.1, -0.05) is 30.2 Å². The van der Waals surface area contributed by atoms with Gasteiger partial charge in [-0.25, -0.2) is 0 Å². The summed E-state index contributed by atoms with van der Waals surface area (Å²) in [6.07, 6.45) is 11.6. The summed E-state index contributed by atoms with van der Waals surface area (Å²) >= 11 is 6.17. The molecule has 2 heteroatoms. The van der Waals surface area contributed by atoms with E-state index in [1.54, 1.807) is 0 Å².